The maximum atomic E-state index is 13.8. The van der Waals surface area contributed by atoms with Gasteiger partial charge in [0.1, 0.15) is 16.6 Å². The molecule has 11 nitrogen and oxygen atoms in total. The van der Waals surface area contributed by atoms with Crippen LogP contribution in [-0.4, -0.2) is 44.4 Å². The van der Waals surface area contributed by atoms with Gasteiger partial charge in [-0.15, -0.1) is 0 Å². The summed E-state index contributed by atoms with van der Waals surface area (Å²) < 4.78 is 18.6. The van der Waals surface area contributed by atoms with E-state index in [4.69, 9.17) is 30.6 Å². The molecule has 0 amide bonds. The summed E-state index contributed by atoms with van der Waals surface area (Å²) in [5.74, 6) is 1.22. The van der Waals surface area contributed by atoms with Crippen molar-refractivity contribution in [3.63, 3.8) is 0 Å². The van der Waals surface area contributed by atoms with Crippen molar-refractivity contribution in [1.29, 1.82) is 0 Å². The summed E-state index contributed by atoms with van der Waals surface area (Å²) in [4.78, 5) is 40.0. The highest BCUT2D eigenvalue weighted by atomic mass is 35.5. The predicted molar refractivity (Wildman–Crippen MR) is 151 cm³/mol. The van der Waals surface area contributed by atoms with Crippen molar-refractivity contribution in [2.24, 2.45) is 7.05 Å². The van der Waals surface area contributed by atoms with E-state index in [1.807, 2.05) is 32.9 Å². The third kappa shape index (κ3) is 4.47. The minimum atomic E-state index is -0.699. The van der Waals surface area contributed by atoms with E-state index in [1.165, 1.54) is 7.11 Å². The highest BCUT2D eigenvalue weighted by Gasteiger charge is 2.55. The highest BCUT2D eigenvalue weighted by molar-refractivity contribution is 6.29. The Labute approximate surface area is 241 Å². The Morgan fingerprint density at radius 3 is 2.54 bits per heavy atom. The van der Waals surface area contributed by atoms with Gasteiger partial charge in [0, 0.05) is 12.6 Å². The van der Waals surface area contributed by atoms with Crippen molar-refractivity contribution in [2.45, 2.75) is 63.5 Å². The number of ether oxygens (including phenoxy) is 2. The van der Waals surface area contributed by atoms with Gasteiger partial charge in [0.25, 0.3) is 5.56 Å². The summed E-state index contributed by atoms with van der Waals surface area (Å²) >= 11 is 6.05. The van der Waals surface area contributed by atoms with E-state index in [1.54, 1.807) is 23.7 Å². The Kier molecular flexibility index (Phi) is 6.61. The van der Waals surface area contributed by atoms with Gasteiger partial charge in [0.15, 0.2) is 11.5 Å². The second-order valence-electron chi connectivity index (χ2n) is 11.1. The van der Waals surface area contributed by atoms with Gasteiger partial charge < -0.3 is 19.3 Å². The summed E-state index contributed by atoms with van der Waals surface area (Å²) in [5.41, 5.74) is 1.69. The molecule has 3 aliphatic rings. The number of rotatable bonds is 6. The lowest BCUT2D eigenvalue weighted by atomic mass is 9.65. The number of carbonyl (C=O) groups is 1. The van der Waals surface area contributed by atoms with Crippen molar-refractivity contribution in [2.75, 3.05) is 19.0 Å². The molecule has 41 heavy (non-hydrogen) atoms. The topological polar surface area (TPSA) is 134 Å². The number of fused-ring (bicyclic) bond motifs is 4. The molecule has 3 fully saturated rings. The van der Waals surface area contributed by atoms with Crippen LogP contribution in [0.4, 0.5) is 5.69 Å². The van der Waals surface area contributed by atoms with Gasteiger partial charge in [0.05, 0.1) is 41.8 Å². The second kappa shape index (κ2) is 9.92. The van der Waals surface area contributed by atoms with E-state index < -0.39 is 11.6 Å². The Morgan fingerprint density at radius 2 is 1.90 bits per heavy atom. The maximum Gasteiger partial charge on any atom is 0.358 e. The number of halogens is 1. The number of methoxy groups -OCH3 is 1. The van der Waals surface area contributed by atoms with Gasteiger partial charge in [-0.05, 0) is 70.2 Å². The van der Waals surface area contributed by atoms with E-state index in [0.717, 1.165) is 24.0 Å². The van der Waals surface area contributed by atoms with Crippen LogP contribution in [-0.2, 0) is 27.5 Å². The predicted octanol–water partition coefficient (Wildman–Crippen LogP) is 4.68. The van der Waals surface area contributed by atoms with Crippen LogP contribution in [0, 0.1) is 13.8 Å². The average molecular weight is 579 g/mol. The molecule has 1 atom stereocenters. The molecule has 1 N–H and O–H groups in total. The van der Waals surface area contributed by atoms with Gasteiger partial charge in [0.2, 0.25) is 5.89 Å². The van der Waals surface area contributed by atoms with Crippen molar-refractivity contribution < 1.29 is 18.8 Å². The van der Waals surface area contributed by atoms with Crippen LogP contribution in [0.15, 0.2) is 33.6 Å². The fourth-order valence-corrected chi connectivity index (χ4v) is 6.33. The number of carbonyl (C=O) groups excluding carboxylic acids is 1. The molecule has 2 aliphatic heterocycles. The van der Waals surface area contributed by atoms with Crippen LogP contribution in [0.1, 0.15) is 77.8 Å². The van der Waals surface area contributed by atoms with E-state index >= 15 is 0 Å². The van der Waals surface area contributed by atoms with Crippen LogP contribution in [0.2, 0.25) is 5.15 Å². The fraction of sp³-hybridized carbons (Fsp3) is 0.448. The molecule has 1 saturated carbocycles. The number of hydrogen-bond acceptors (Lipinski definition) is 10. The van der Waals surface area contributed by atoms with Crippen LogP contribution in [0.3, 0.4) is 0 Å². The summed E-state index contributed by atoms with van der Waals surface area (Å²) in [7, 11) is 3.05. The second-order valence-corrected chi connectivity index (χ2v) is 11.5. The number of aromatic nitrogens is 5. The van der Waals surface area contributed by atoms with Crippen molar-refractivity contribution in [3.8, 4) is 0 Å². The first kappa shape index (κ1) is 27.3. The Morgan fingerprint density at radius 1 is 1.15 bits per heavy atom. The number of anilines is 1. The third-order valence-electron chi connectivity index (χ3n) is 8.46. The number of pyridine rings is 1. The lowest BCUT2D eigenvalue weighted by Crippen LogP contribution is -2.53. The molecule has 7 rings (SSSR count). The molecule has 12 heteroatoms. The van der Waals surface area contributed by atoms with Crippen molar-refractivity contribution in [1.82, 2.24) is 24.7 Å². The Hall–Kier alpha value is -3.83. The number of nitrogens with one attached hydrogen (secondary N) is 1. The molecule has 2 bridgehead atoms. The SMILES string of the molecule is COC(=O)c1nc(Cl)ccc1N[C@H](C)c1cc(C)cc2c(=O)n(C)c(C34CCC(c5nc(C)no5)(CC3)CO4)nc12. The number of hydrogen-bond donors (Lipinski definition) is 1. The number of esters is 1. The molecule has 1 aliphatic carbocycles. The minimum Gasteiger partial charge on any atom is -0.464 e. The molecular weight excluding hydrogens is 548 g/mol. The summed E-state index contributed by atoms with van der Waals surface area (Å²) in [5, 5.41) is 8.03. The maximum absolute atomic E-state index is 13.8. The minimum absolute atomic E-state index is 0.0741. The highest BCUT2D eigenvalue weighted by Crippen LogP contribution is 2.53. The molecule has 0 unspecified atom stereocenters. The molecule has 5 heterocycles. The van der Waals surface area contributed by atoms with Crippen molar-refractivity contribution in [3.05, 3.63) is 74.1 Å². The summed E-state index contributed by atoms with van der Waals surface area (Å²) in [6.07, 6.45) is 2.94. The Balaban J connectivity index is 1.40. The van der Waals surface area contributed by atoms with Crippen LogP contribution in [0.5, 0.6) is 0 Å². The molecule has 2 saturated heterocycles. The standard InChI is InChI=1S/C29H31ClN6O5/c1-15-12-18(16(2)31-20-6-7-21(30)33-23(20)25(38)39-5)22-19(13-15)24(37)36(4)26(34-22)29-10-8-28(9-11-29,14-40-29)27-32-17(3)35-41-27/h6-7,12-13,16,31H,8-11,14H2,1-5H3/t16-,28?,29?/m1/s1. The normalized spacial score (nSPS) is 22.6. The molecule has 4 aromatic rings. The Bertz CT molecular complexity index is 1720. The largest absolute Gasteiger partial charge is 0.464 e. The zero-order valence-electron chi connectivity index (χ0n) is 23.6. The quantitative estimate of drug-likeness (QED) is 0.254. The lowest BCUT2D eigenvalue weighted by molar-refractivity contribution is -0.174. The smallest absolute Gasteiger partial charge is 0.358 e. The zero-order chi connectivity index (χ0) is 29.1. The van der Waals surface area contributed by atoms with E-state index in [0.29, 0.717) is 53.6 Å². The van der Waals surface area contributed by atoms with Gasteiger partial charge >= 0.3 is 5.97 Å². The molecular formula is C29H31ClN6O5. The van der Waals surface area contributed by atoms with Gasteiger partial charge in [-0.3, -0.25) is 9.36 Å². The molecule has 0 radical (unpaired) electrons. The molecule has 214 valence electrons. The van der Waals surface area contributed by atoms with Crippen LogP contribution >= 0.6 is 11.6 Å². The molecule has 0 spiro atoms. The molecule has 1 aromatic carbocycles. The number of aryl methyl sites for hydroxylation is 2. The van der Waals surface area contributed by atoms with E-state index in [9.17, 15) is 9.59 Å². The first-order chi connectivity index (χ1) is 19.6. The number of nitrogens with zero attached hydrogens (tertiary/aromatic N) is 5. The van der Waals surface area contributed by atoms with E-state index in [2.05, 4.69) is 20.4 Å². The lowest BCUT2D eigenvalue weighted by Gasteiger charge is -2.51. The van der Waals surface area contributed by atoms with Crippen molar-refractivity contribution >= 4 is 34.2 Å². The van der Waals surface area contributed by atoms with Gasteiger partial charge in [-0.2, -0.15) is 4.98 Å². The monoisotopic (exact) mass is 578 g/mol. The fourth-order valence-electron chi connectivity index (χ4n) is 6.18. The number of benzene rings is 1. The summed E-state index contributed by atoms with van der Waals surface area (Å²) in [6.45, 7) is 6.11. The average Bonchev–Trinajstić information content (AvgIpc) is 3.43. The first-order valence-corrected chi connectivity index (χ1v) is 13.9. The third-order valence-corrected chi connectivity index (χ3v) is 8.67. The van der Waals surface area contributed by atoms with Gasteiger partial charge in [-0.25, -0.2) is 14.8 Å². The van der Waals surface area contributed by atoms with Gasteiger partial charge in [-0.1, -0.05) is 22.8 Å². The first-order valence-electron chi connectivity index (χ1n) is 13.5. The van der Waals surface area contributed by atoms with E-state index in [-0.39, 0.29) is 27.9 Å². The summed E-state index contributed by atoms with van der Waals surface area (Å²) in [6, 6.07) is 6.79. The van der Waals surface area contributed by atoms with Crippen LogP contribution in [0.25, 0.3) is 10.9 Å². The zero-order valence-corrected chi connectivity index (χ0v) is 24.3. The molecule has 3 aromatic heterocycles. The van der Waals surface area contributed by atoms with Crippen LogP contribution < -0.4 is 10.9 Å².